The molecule has 2 aliphatic rings. The van der Waals surface area contributed by atoms with Crippen LogP contribution in [0.5, 0.6) is 0 Å². The van der Waals surface area contributed by atoms with Gasteiger partial charge in [0, 0.05) is 38.0 Å². The largest absolute Gasteiger partial charge is 0.396 e. The summed E-state index contributed by atoms with van der Waals surface area (Å²) in [6.45, 7) is 7.26. The maximum atomic E-state index is 9.27. The smallest absolute Gasteiger partial charge is 0.109 e. The van der Waals surface area contributed by atoms with Crippen LogP contribution in [0, 0.1) is 11.8 Å². The third kappa shape index (κ3) is 2.70. The zero-order valence-corrected chi connectivity index (χ0v) is 11.9. The van der Waals surface area contributed by atoms with Crippen molar-refractivity contribution in [3.05, 3.63) is 17.7 Å². The lowest BCUT2D eigenvalue weighted by molar-refractivity contribution is 0.199. The molecule has 4 nitrogen and oxygen atoms in total. The Kier molecular flexibility index (Phi) is 3.89. The van der Waals surface area contributed by atoms with E-state index in [0.717, 1.165) is 31.7 Å². The molecular weight excluding hydrogens is 238 g/mol. The highest BCUT2D eigenvalue weighted by atomic mass is 16.3. The average molecular weight is 263 g/mol. The fourth-order valence-corrected chi connectivity index (χ4v) is 3.54. The average Bonchev–Trinajstić information content (AvgIpc) is 3.06. The number of aliphatic hydroxyl groups is 1. The van der Waals surface area contributed by atoms with Crippen molar-refractivity contribution >= 4 is 0 Å². The normalized spacial score (nSPS) is 27.7. The van der Waals surface area contributed by atoms with Crippen LogP contribution in [0.4, 0.5) is 0 Å². The first-order valence-electron chi connectivity index (χ1n) is 7.66. The molecule has 1 aromatic rings. The van der Waals surface area contributed by atoms with Crippen molar-refractivity contribution in [1.82, 2.24) is 14.5 Å². The number of rotatable bonds is 4. The molecule has 2 aliphatic heterocycles. The number of fused-ring (bicyclic) bond motifs is 1. The molecule has 0 amide bonds. The van der Waals surface area contributed by atoms with Gasteiger partial charge in [0.1, 0.15) is 5.82 Å². The zero-order valence-electron chi connectivity index (χ0n) is 11.9. The van der Waals surface area contributed by atoms with Crippen LogP contribution in [0.1, 0.15) is 31.3 Å². The van der Waals surface area contributed by atoms with Crippen LogP contribution in [0.3, 0.4) is 0 Å². The van der Waals surface area contributed by atoms with E-state index in [4.69, 9.17) is 0 Å². The van der Waals surface area contributed by atoms with Crippen molar-refractivity contribution in [2.45, 2.75) is 39.2 Å². The Balaban J connectivity index is 1.65. The van der Waals surface area contributed by atoms with E-state index >= 15 is 0 Å². The predicted molar refractivity (Wildman–Crippen MR) is 75.0 cm³/mol. The monoisotopic (exact) mass is 263 g/mol. The zero-order chi connectivity index (χ0) is 13.2. The maximum Gasteiger partial charge on any atom is 0.109 e. The molecule has 0 radical (unpaired) electrons. The van der Waals surface area contributed by atoms with Crippen LogP contribution in [-0.2, 0) is 19.4 Å². The number of nitrogens with zero attached hydrogens (tertiary/aromatic N) is 3. The van der Waals surface area contributed by atoms with Crippen LogP contribution in [-0.4, -0.2) is 45.8 Å². The van der Waals surface area contributed by atoms with Crippen LogP contribution < -0.4 is 0 Å². The third-order valence-electron chi connectivity index (χ3n) is 4.83. The summed E-state index contributed by atoms with van der Waals surface area (Å²) in [6, 6.07) is 0. The maximum absolute atomic E-state index is 9.27. The van der Waals surface area contributed by atoms with E-state index in [1.807, 2.05) is 6.20 Å². The molecule has 0 aliphatic carbocycles. The minimum absolute atomic E-state index is 0.314. The molecule has 1 aromatic heterocycles. The SMILES string of the molecule is CCN1CCC(Cc2ncc3n2CCC(CO)C3)C1. The first kappa shape index (κ1) is 13.1. The fraction of sp³-hybridized carbons (Fsp3) is 0.800. The molecule has 0 aromatic carbocycles. The lowest BCUT2D eigenvalue weighted by Crippen LogP contribution is -2.24. The van der Waals surface area contributed by atoms with Gasteiger partial charge >= 0.3 is 0 Å². The van der Waals surface area contributed by atoms with E-state index in [-0.39, 0.29) is 0 Å². The molecule has 1 saturated heterocycles. The molecule has 0 bridgehead atoms. The quantitative estimate of drug-likeness (QED) is 0.891. The van der Waals surface area contributed by atoms with Crippen molar-refractivity contribution in [2.75, 3.05) is 26.2 Å². The molecule has 2 atom stereocenters. The molecule has 106 valence electrons. The lowest BCUT2D eigenvalue weighted by atomic mass is 9.97. The molecular formula is C15H25N3O. The Morgan fingerprint density at radius 1 is 1.32 bits per heavy atom. The molecule has 2 unspecified atom stereocenters. The first-order chi connectivity index (χ1) is 9.30. The molecule has 4 heteroatoms. The van der Waals surface area contributed by atoms with Crippen LogP contribution >= 0.6 is 0 Å². The summed E-state index contributed by atoms with van der Waals surface area (Å²) in [5, 5.41) is 9.27. The molecule has 3 rings (SSSR count). The summed E-state index contributed by atoms with van der Waals surface area (Å²) >= 11 is 0. The van der Waals surface area contributed by atoms with Gasteiger partial charge in [0.15, 0.2) is 0 Å². The van der Waals surface area contributed by atoms with Crippen molar-refractivity contribution < 1.29 is 5.11 Å². The van der Waals surface area contributed by atoms with E-state index in [1.54, 1.807) is 0 Å². The summed E-state index contributed by atoms with van der Waals surface area (Å²) in [5.41, 5.74) is 1.32. The van der Waals surface area contributed by atoms with Gasteiger partial charge in [-0.1, -0.05) is 6.92 Å². The summed E-state index contributed by atoms with van der Waals surface area (Å²) in [7, 11) is 0. The highest BCUT2D eigenvalue weighted by Gasteiger charge is 2.25. The van der Waals surface area contributed by atoms with E-state index in [1.165, 1.54) is 37.6 Å². The highest BCUT2D eigenvalue weighted by molar-refractivity contribution is 5.10. The van der Waals surface area contributed by atoms with Crippen LogP contribution in [0.15, 0.2) is 6.20 Å². The second-order valence-corrected chi connectivity index (χ2v) is 6.11. The molecule has 0 spiro atoms. The van der Waals surface area contributed by atoms with Crippen molar-refractivity contribution in [2.24, 2.45) is 11.8 Å². The Morgan fingerprint density at radius 2 is 2.16 bits per heavy atom. The van der Waals surface area contributed by atoms with E-state index < -0.39 is 0 Å². The Hall–Kier alpha value is -0.870. The number of hydrogen-bond donors (Lipinski definition) is 1. The second kappa shape index (κ2) is 5.63. The minimum Gasteiger partial charge on any atom is -0.396 e. The second-order valence-electron chi connectivity index (χ2n) is 6.11. The standard InChI is InChI=1S/C15H25N3O/c1-2-17-5-3-12(10-17)8-15-16-9-14-7-13(11-19)4-6-18(14)15/h9,12-13,19H,2-8,10-11H2,1H3. The van der Waals surface area contributed by atoms with Gasteiger partial charge in [-0.15, -0.1) is 0 Å². The van der Waals surface area contributed by atoms with Gasteiger partial charge in [-0.05, 0) is 44.2 Å². The van der Waals surface area contributed by atoms with Gasteiger partial charge < -0.3 is 14.6 Å². The van der Waals surface area contributed by atoms with Crippen LogP contribution in [0.25, 0.3) is 0 Å². The molecule has 3 heterocycles. The van der Waals surface area contributed by atoms with Gasteiger partial charge in [-0.2, -0.15) is 0 Å². The van der Waals surface area contributed by atoms with Gasteiger partial charge in [-0.25, -0.2) is 4.98 Å². The molecule has 19 heavy (non-hydrogen) atoms. The van der Waals surface area contributed by atoms with Crippen LogP contribution in [0.2, 0.25) is 0 Å². The number of likely N-dealkylation sites (tertiary alicyclic amines) is 1. The summed E-state index contributed by atoms with van der Waals surface area (Å²) in [6.07, 6.45) is 6.56. The van der Waals surface area contributed by atoms with Gasteiger partial charge in [0.2, 0.25) is 0 Å². The Bertz CT molecular complexity index is 429. The van der Waals surface area contributed by atoms with Gasteiger partial charge in [0.25, 0.3) is 0 Å². The fourth-order valence-electron chi connectivity index (χ4n) is 3.54. The number of hydrogen-bond acceptors (Lipinski definition) is 3. The summed E-state index contributed by atoms with van der Waals surface area (Å²) in [5.74, 6) is 2.50. The predicted octanol–water partition coefficient (Wildman–Crippen LogP) is 1.32. The van der Waals surface area contributed by atoms with Gasteiger partial charge in [0.05, 0.1) is 0 Å². The molecule has 0 saturated carbocycles. The van der Waals surface area contributed by atoms with Crippen molar-refractivity contribution in [1.29, 1.82) is 0 Å². The summed E-state index contributed by atoms with van der Waals surface area (Å²) < 4.78 is 2.40. The van der Waals surface area contributed by atoms with Gasteiger partial charge in [-0.3, -0.25) is 0 Å². The van der Waals surface area contributed by atoms with E-state index in [2.05, 4.69) is 21.4 Å². The minimum atomic E-state index is 0.314. The number of aromatic nitrogens is 2. The van der Waals surface area contributed by atoms with Crippen molar-refractivity contribution in [3.63, 3.8) is 0 Å². The third-order valence-corrected chi connectivity index (χ3v) is 4.83. The number of imidazole rings is 1. The summed E-state index contributed by atoms with van der Waals surface area (Å²) in [4.78, 5) is 7.18. The Morgan fingerprint density at radius 3 is 2.89 bits per heavy atom. The number of aliphatic hydroxyl groups excluding tert-OH is 1. The lowest BCUT2D eigenvalue weighted by Gasteiger charge is -2.24. The molecule has 1 fully saturated rings. The molecule has 1 N–H and O–H groups in total. The first-order valence-corrected chi connectivity index (χ1v) is 7.66. The highest BCUT2D eigenvalue weighted by Crippen LogP contribution is 2.25. The van der Waals surface area contributed by atoms with E-state index in [0.29, 0.717) is 12.5 Å². The Labute approximate surface area is 115 Å². The topological polar surface area (TPSA) is 41.3 Å². The van der Waals surface area contributed by atoms with E-state index in [9.17, 15) is 5.11 Å². The van der Waals surface area contributed by atoms with Crippen molar-refractivity contribution in [3.8, 4) is 0 Å².